The summed E-state index contributed by atoms with van der Waals surface area (Å²) in [6, 6.07) is 0.282. The number of piperidine rings is 1. The Morgan fingerprint density at radius 3 is 2.95 bits per heavy atom. The third-order valence-electron chi connectivity index (χ3n) is 4.14. The van der Waals surface area contributed by atoms with Crippen LogP contribution in [0, 0.1) is 0 Å². The normalized spacial score (nSPS) is 29.5. The SMILES string of the molecule is Cn1cc([C@@H]2NCCO[C@H]2CN2CCCCC2)cn1. The first-order valence-electron chi connectivity index (χ1n) is 7.39. The van der Waals surface area contributed by atoms with Gasteiger partial charge in [0.2, 0.25) is 0 Å². The van der Waals surface area contributed by atoms with Crippen molar-refractivity contribution in [1.82, 2.24) is 20.0 Å². The molecular weight excluding hydrogens is 240 g/mol. The molecule has 1 aromatic rings. The molecule has 1 N–H and O–H groups in total. The Morgan fingerprint density at radius 2 is 2.21 bits per heavy atom. The lowest BCUT2D eigenvalue weighted by atomic mass is 10.0. The lowest BCUT2D eigenvalue weighted by molar-refractivity contribution is -0.0270. The first-order chi connectivity index (χ1) is 9.33. The van der Waals surface area contributed by atoms with Gasteiger partial charge in [0, 0.05) is 31.9 Å². The van der Waals surface area contributed by atoms with Crippen molar-refractivity contribution < 1.29 is 4.74 Å². The van der Waals surface area contributed by atoms with Gasteiger partial charge in [-0.25, -0.2) is 0 Å². The molecular formula is C14H24N4O. The third-order valence-corrected chi connectivity index (χ3v) is 4.14. The number of aryl methyl sites for hydroxylation is 1. The Labute approximate surface area is 114 Å². The van der Waals surface area contributed by atoms with Gasteiger partial charge in [-0.1, -0.05) is 6.42 Å². The topological polar surface area (TPSA) is 42.3 Å². The standard InChI is InChI=1S/C14H24N4O/c1-17-10-12(9-16-17)14-13(19-8-5-15-14)11-18-6-3-2-4-7-18/h9-10,13-15H,2-8,11H2,1H3/t13-,14-/m0/s1. The predicted octanol–water partition coefficient (Wildman–Crippen LogP) is 0.935. The highest BCUT2D eigenvalue weighted by Gasteiger charge is 2.29. The Morgan fingerprint density at radius 1 is 1.37 bits per heavy atom. The van der Waals surface area contributed by atoms with E-state index in [-0.39, 0.29) is 12.1 Å². The van der Waals surface area contributed by atoms with Gasteiger partial charge in [0.25, 0.3) is 0 Å². The van der Waals surface area contributed by atoms with Crippen molar-refractivity contribution in [3.63, 3.8) is 0 Å². The molecule has 3 heterocycles. The molecule has 0 aromatic carbocycles. The number of ether oxygens (including phenoxy) is 1. The maximum atomic E-state index is 6.02. The second kappa shape index (κ2) is 6.03. The second-order valence-corrected chi connectivity index (χ2v) is 5.65. The molecule has 0 aliphatic carbocycles. The predicted molar refractivity (Wildman–Crippen MR) is 74.0 cm³/mol. The molecule has 0 amide bonds. The minimum atomic E-state index is 0.246. The van der Waals surface area contributed by atoms with E-state index < -0.39 is 0 Å². The van der Waals surface area contributed by atoms with Crippen LogP contribution in [0.5, 0.6) is 0 Å². The Kier molecular flexibility index (Phi) is 4.15. The number of nitrogens with zero attached hydrogens (tertiary/aromatic N) is 3. The Bertz CT molecular complexity index is 400. The van der Waals surface area contributed by atoms with E-state index in [0.29, 0.717) is 0 Å². The van der Waals surface area contributed by atoms with Gasteiger partial charge < -0.3 is 15.0 Å². The first kappa shape index (κ1) is 13.1. The quantitative estimate of drug-likeness (QED) is 0.882. The minimum absolute atomic E-state index is 0.246. The van der Waals surface area contributed by atoms with Crippen LogP contribution in [0.1, 0.15) is 30.9 Å². The van der Waals surface area contributed by atoms with Gasteiger partial charge in [-0.15, -0.1) is 0 Å². The molecule has 5 heteroatoms. The Hall–Kier alpha value is -0.910. The molecule has 19 heavy (non-hydrogen) atoms. The van der Waals surface area contributed by atoms with Gasteiger partial charge in [0.05, 0.1) is 24.9 Å². The van der Waals surface area contributed by atoms with Gasteiger partial charge in [-0.2, -0.15) is 5.10 Å². The van der Waals surface area contributed by atoms with E-state index >= 15 is 0 Å². The van der Waals surface area contributed by atoms with E-state index in [4.69, 9.17) is 4.74 Å². The number of rotatable bonds is 3. The van der Waals surface area contributed by atoms with E-state index in [1.54, 1.807) is 0 Å². The average molecular weight is 264 g/mol. The number of nitrogens with one attached hydrogen (secondary N) is 1. The zero-order valence-corrected chi connectivity index (χ0v) is 11.7. The molecule has 106 valence electrons. The van der Waals surface area contributed by atoms with Crippen molar-refractivity contribution in [3.8, 4) is 0 Å². The molecule has 0 saturated carbocycles. The van der Waals surface area contributed by atoms with Crippen molar-refractivity contribution in [2.24, 2.45) is 7.05 Å². The molecule has 1 aromatic heterocycles. The average Bonchev–Trinajstić information content (AvgIpc) is 2.87. The summed E-state index contributed by atoms with van der Waals surface area (Å²) in [6.45, 7) is 5.22. The number of aromatic nitrogens is 2. The molecule has 0 spiro atoms. The van der Waals surface area contributed by atoms with Gasteiger partial charge >= 0.3 is 0 Å². The summed E-state index contributed by atoms with van der Waals surface area (Å²) in [4.78, 5) is 2.55. The fraction of sp³-hybridized carbons (Fsp3) is 0.786. The summed E-state index contributed by atoms with van der Waals surface area (Å²) >= 11 is 0. The molecule has 2 saturated heterocycles. The maximum Gasteiger partial charge on any atom is 0.0898 e. The highest BCUT2D eigenvalue weighted by molar-refractivity contribution is 5.13. The van der Waals surface area contributed by atoms with Gasteiger partial charge in [-0.3, -0.25) is 4.68 Å². The van der Waals surface area contributed by atoms with Gasteiger partial charge in [0.15, 0.2) is 0 Å². The molecule has 0 bridgehead atoms. The Balaban J connectivity index is 1.66. The van der Waals surface area contributed by atoms with E-state index in [0.717, 1.165) is 19.7 Å². The van der Waals surface area contributed by atoms with Gasteiger partial charge in [0.1, 0.15) is 0 Å². The first-order valence-corrected chi connectivity index (χ1v) is 7.39. The van der Waals surface area contributed by atoms with Crippen LogP contribution in [0.15, 0.2) is 12.4 Å². The van der Waals surface area contributed by atoms with Crippen LogP contribution in [-0.2, 0) is 11.8 Å². The van der Waals surface area contributed by atoms with Crippen molar-refractivity contribution in [2.75, 3.05) is 32.8 Å². The van der Waals surface area contributed by atoms with Crippen LogP contribution in [-0.4, -0.2) is 53.6 Å². The summed E-state index contributed by atoms with van der Waals surface area (Å²) in [6.07, 6.45) is 8.34. The number of hydrogen-bond acceptors (Lipinski definition) is 4. The molecule has 3 rings (SSSR count). The van der Waals surface area contributed by atoms with E-state index in [2.05, 4.69) is 21.5 Å². The summed E-state index contributed by atoms with van der Waals surface area (Å²) < 4.78 is 7.88. The lowest BCUT2D eigenvalue weighted by Crippen LogP contribution is -2.48. The van der Waals surface area contributed by atoms with Crippen molar-refractivity contribution in [1.29, 1.82) is 0 Å². The summed E-state index contributed by atoms with van der Waals surface area (Å²) in [5, 5.41) is 7.86. The summed E-state index contributed by atoms with van der Waals surface area (Å²) in [7, 11) is 1.97. The molecule has 0 unspecified atom stereocenters. The highest BCUT2D eigenvalue weighted by atomic mass is 16.5. The van der Waals surface area contributed by atoms with Crippen LogP contribution >= 0.6 is 0 Å². The molecule has 2 fully saturated rings. The number of hydrogen-bond donors (Lipinski definition) is 1. The molecule has 0 radical (unpaired) electrons. The highest BCUT2D eigenvalue weighted by Crippen LogP contribution is 2.23. The lowest BCUT2D eigenvalue weighted by Gasteiger charge is -2.37. The van der Waals surface area contributed by atoms with Crippen LogP contribution in [0.2, 0.25) is 0 Å². The van der Waals surface area contributed by atoms with Crippen LogP contribution in [0.25, 0.3) is 0 Å². The zero-order valence-electron chi connectivity index (χ0n) is 11.7. The smallest absolute Gasteiger partial charge is 0.0898 e. The van der Waals surface area contributed by atoms with E-state index in [1.165, 1.54) is 37.9 Å². The van der Waals surface area contributed by atoms with E-state index in [9.17, 15) is 0 Å². The molecule has 5 nitrogen and oxygen atoms in total. The number of morpholine rings is 1. The molecule has 2 atom stereocenters. The molecule has 2 aliphatic rings. The van der Waals surface area contributed by atoms with Crippen molar-refractivity contribution in [3.05, 3.63) is 18.0 Å². The van der Waals surface area contributed by atoms with Gasteiger partial charge in [-0.05, 0) is 25.9 Å². The van der Waals surface area contributed by atoms with Crippen LogP contribution < -0.4 is 5.32 Å². The van der Waals surface area contributed by atoms with E-state index in [1.807, 2.05) is 17.9 Å². The number of likely N-dealkylation sites (tertiary alicyclic amines) is 1. The summed E-state index contributed by atoms with van der Waals surface area (Å²) in [5.41, 5.74) is 1.24. The van der Waals surface area contributed by atoms with Crippen LogP contribution in [0.4, 0.5) is 0 Å². The third kappa shape index (κ3) is 3.16. The summed E-state index contributed by atoms with van der Waals surface area (Å²) in [5.74, 6) is 0. The fourth-order valence-corrected chi connectivity index (χ4v) is 3.14. The van der Waals surface area contributed by atoms with Crippen LogP contribution in [0.3, 0.4) is 0 Å². The largest absolute Gasteiger partial charge is 0.374 e. The monoisotopic (exact) mass is 264 g/mol. The maximum absolute atomic E-state index is 6.02. The van der Waals surface area contributed by atoms with Crippen molar-refractivity contribution >= 4 is 0 Å². The minimum Gasteiger partial charge on any atom is -0.374 e. The second-order valence-electron chi connectivity index (χ2n) is 5.65. The van der Waals surface area contributed by atoms with Crippen molar-refractivity contribution in [2.45, 2.75) is 31.4 Å². The molecule has 2 aliphatic heterocycles. The zero-order chi connectivity index (χ0) is 13.1. The fourth-order valence-electron chi connectivity index (χ4n) is 3.14.